The summed E-state index contributed by atoms with van der Waals surface area (Å²) < 4.78 is 5.02. The molecule has 0 saturated carbocycles. The van der Waals surface area contributed by atoms with Gasteiger partial charge in [0, 0.05) is 6.42 Å². The minimum Gasteiger partial charge on any atom is -0.234 e. The first kappa shape index (κ1) is 19.3. The minimum atomic E-state index is 1.20. The van der Waals surface area contributed by atoms with Crippen LogP contribution in [0, 0.1) is 0 Å². The van der Waals surface area contributed by atoms with E-state index >= 15 is 0 Å². The molecule has 0 unspecified atom stereocenters. The Morgan fingerprint density at radius 2 is 1.41 bits per heavy atom. The van der Waals surface area contributed by atoms with E-state index in [1.165, 1.54) is 90.1 Å². The Hall–Kier alpha value is -0.790. The highest BCUT2D eigenvalue weighted by atomic mass is 15.1. The normalized spacial score (nSPS) is 11.2. The molecule has 22 heavy (non-hydrogen) atoms. The highest BCUT2D eigenvalue weighted by molar-refractivity contribution is 4.84. The molecule has 0 atom stereocenters. The molecule has 1 aromatic heterocycles. The van der Waals surface area contributed by atoms with Gasteiger partial charge in [-0.3, -0.25) is 0 Å². The van der Waals surface area contributed by atoms with Gasteiger partial charge in [0.2, 0.25) is 0 Å². The van der Waals surface area contributed by atoms with Crippen molar-refractivity contribution in [2.45, 2.75) is 111 Å². The zero-order valence-corrected chi connectivity index (χ0v) is 15.4. The average molecular weight is 308 g/mol. The van der Waals surface area contributed by atoms with Gasteiger partial charge in [0.25, 0.3) is 5.82 Å². The Morgan fingerprint density at radius 1 is 0.773 bits per heavy atom. The molecular formula is C20H39N2+. The molecule has 0 aliphatic heterocycles. The molecule has 0 spiro atoms. The summed E-state index contributed by atoms with van der Waals surface area (Å²) in [6.07, 6.45) is 20.8. The number of unbranched alkanes of at least 4 members (excludes halogenated alkanes) is 8. The van der Waals surface area contributed by atoms with Gasteiger partial charge in [-0.05, 0) is 19.3 Å². The molecule has 1 heterocycles. The van der Waals surface area contributed by atoms with Gasteiger partial charge >= 0.3 is 0 Å². The summed E-state index contributed by atoms with van der Waals surface area (Å²) in [7, 11) is 0. The summed E-state index contributed by atoms with van der Waals surface area (Å²) in [5.74, 6) is 1.57. The second-order valence-electron chi connectivity index (χ2n) is 6.68. The number of hydrogen-bond acceptors (Lipinski definition) is 0. The molecule has 0 saturated heterocycles. The molecule has 0 radical (unpaired) electrons. The van der Waals surface area contributed by atoms with Crippen LogP contribution in [0.25, 0.3) is 0 Å². The van der Waals surface area contributed by atoms with Crippen molar-refractivity contribution in [2.75, 3.05) is 0 Å². The summed E-state index contributed by atoms with van der Waals surface area (Å²) in [5, 5.41) is 0. The van der Waals surface area contributed by atoms with Gasteiger partial charge in [-0.1, -0.05) is 72.1 Å². The quantitative estimate of drug-likeness (QED) is 0.309. The van der Waals surface area contributed by atoms with Crippen LogP contribution in [-0.4, -0.2) is 4.57 Å². The summed E-state index contributed by atoms with van der Waals surface area (Å²) >= 11 is 0. The Morgan fingerprint density at radius 3 is 2.09 bits per heavy atom. The smallest absolute Gasteiger partial charge is 0.234 e. The molecular weight excluding hydrogens is 268 g/mol. The number of rotatable bonds is 14. The lowest BCUT2D eigenvalue weighted by molar-refractivity contribution is -0.704. The van der Waals surface area contributed by atoms with Crippen molar-refractivity contribution in [2.24, 2.45) is 0 Å². The molecule has 1 aromatic rings. The topological polar surface area (TPSA) is 8.81 Å². The Balaban J connectivity index is 2.41. The monoisotopic (exact) mass is 307 g/mol. The van der Waals surface area contributed by atoms with Crippen LogP contribution in [0.1, 0.15) is 97.2 Å². The van der Waals surface area contributed by atoms with Gasteiger partial charge in [0.05, 0.1) is 13.1 Å². The van der Waals surface area contributed by atoms with Gasteiger partial charge in [0.15, 0.2) is 0 Å². The summed E-state index contributed by atoms with van der Waals surface area (Å²) in [4.78, 5) is 0. The molecule has 2 nitrogen and oxygen atoms in total. The lowest BCUT2D eigenvalue weighted by Crippen LogP contribution is -2.37. The number of aryl methyl sites for hydroxylation is 2. The molecule has 0 aromatic carbocycles. The third-order valence-corrected chi connectivity index (χ3v) is 4.60. The maximum absolute atomic E-state index is 2.51. The number of aromatic nitrogens is 2. The van der Waals surface area contributed by atoms with E-state index in [-0.39, 0.29) is 0 Å². The van der Waals surface area contributed by atoms with E-state index in [9.17, 15) is 0 Å². The van der Waals surface area contributed by atoms with E-state index in [1.54, 1.807) is 5.82 Å². The third kappa shape index (κ3) is 7.47. The second-order valence-corrected chi connectivity index (χ2v) is 6.68. The van der Waals surface area contributed by atoms with Gasteiger partial charge in [0.1, 0.15) is 12.4 Å². The van der Waals surface area contributed by atoms with Crippen LogP contribution in [0.15, 0.2) is 12.4 Å². The number of hydrogen-bond donors (Lipinski definition) is 0. The first-order valence-corrected chi connectivity index (χ1v) is 9.90. The SMILES string of the molecule is CCCCCCCCCc1n(CCCC)cc[n+]1CCCC. The zero-order chi connectivity index (χ0) is 16.0. The third-order valence-electron chi connectivity index (χ3n) is 4.60. The predicted octanol–water partition coefficient (Wildman–Crippen LogP) is 5.67. The van der Waals surface area contributed by atoms with E-state index in [1.807, 2.05) is 0 Å². The van der Waals surface area contributed by atoms with E-state index in [4.69, 9.17) is 0 Å². The molecule has 2 heteroatoms. The molecule has 0 fully saturated rings. The Labute approximate surface area is 138 Å². The van der Waals surface area contributed by atoms with Crippen molar-refractivity contribution in [1.82, 2.24) is 4.57 Å². The average Bonchev–Trinajstić information content (AvgIpc) is 2.92. The van der Waals surface area contributed by atoms with Crippen molar-refractivity contribution >= 4 is 0 Å². The lowest BCUT2D eigenvalue weighted by Gasteiger charge is -2.05. The first-order valence-electron chi connectivity index (χ1n) is 9.90. The number of imidazole rings is 1. The highest BCUT2D eigenvalue weighted by Crippen LogP contribution is 2.10. The molecule has 0 aliphatic rings. The summed E-state index contributed by atoms with van der Waals surface area (Å²) in [6, 6.07) is 0. The van der Waals surface area contributed by atoms with Gasteiger partial charge in [-0.2, -0.15) is 0 Å². The molecule has 1 rings (SSSR count). The fourth-order valence-electron chi connectivity index (χ4n) is 3.09. The van der Waals surface area contributed by atoms with E-state index < -0.39 is 0 Å². The van der Waals surface area contributed by atoms with Crippen molar-refractivity contribution in [3.05, 3.63) is 18.2 Å². The zero-order valence-electron chi connectivity index (χ0n) is 15.4. The summed E-state index contributed by atoms with van der Waals surface area (Å²) in [5.41, 5.74) is 0. The fraction of sp³-hybridized carbons (Fsp3) is 0.850. The van der Waals surface area contributed by atoms with Crippen LogP contribution in [0.3, 0.4) is 0 Å². The van der Waals surface area contributed by atoms with Crippen molar-refractivity contribution in [1.29, 1.82) is 0 Å². The van der Waals surface area contributed by atoms with E-state index in [2.05, 4.69) is 42.3 Å². The Bertz CT molecular complexity index is 342. The largest absolute Gasteiger partial charge is 0.256 e. The summed E-state index contributed by atoms with van der Waals surface area (Å²) in [6.45, 7) is 9.25. The highest BCUT2D eigenvalue weighted by Gasteiger charge is 2.15. The van der Waals surface area contributed by atoms with Crippen LogP contribution < -0.4 is 4.57 Å². The van der Waals surface area contributed by atoms with Crippen LogP contribution in [0.4, 0.5) is 0 Å². The van der Waals surface area contributed by atoms with Crippen molar-refractivity contribution < 1.29 is 4.57 Å². The molecule has 128 valence electrons. The van der Waals surface area contributed by atoms with Crippen LogP contribution in [0.2, 0.25) is 0 Å². The van der Waals surface area contributed by atoms with Crippen LogP contribution in [-0.2, 0) is 19.5 Å². The van der Waals surface area contributed by atoms with Crippen molar-refractivity contribution in [3.63, 3.8) is 0 Å². The van der Waals surface area contributed by atoms with E-state index in [0.717, 1.165) is 0 Å². The van der Waals surface area contributed by atoms with Crippen LogP contribution >= 0.6 is 0 Å². The van der Waals surface area contributed by atoms with Crippen molar-refractivity contribution in [3.8, 4) is 0 Å². The van der Waals surface area contributed by atoms with Gasteiger partial charge < -0.3 is 0 Å². The number of nitrogens with zero attached hydrogens (tertiary/aromatic N) is 2. The predicted molar refractivity (Wildman–Crippen MR) is 96.1 cm³/mol. The maximum Gasteiger partial charge on any atom is 0.256 e. The first-order chi connectivity index (χ1) is 10.8. The minimum absolute atomic E-state index is 1.20. The Kier molecular flexibility index (Phi) is 11.1. The lowest BCUT2D eigenvalue weighted by atomic mass is 10.1. The van der Waals surface area contributed by atoms with Gasteiger partial charge in [-0.25, -0.2) is 9.13 Å². The van der Waals surface area contributed by atoms with Gasteiger partial charge in [-0.15, -0.1) is 0 Å². The molecule has 0 amide bonds. The molecule has 0 N–H and O–H groups in total. The standard InChI is InChI=1S/C20H39N2/c1-4-7-10-11-12-13-14-15-20-21(16-8-5-2)18-19-22(20)17-9-6-3/h18-19H,4-17H2,1-3H3/q+1. The molecule has 0 aliphatic carbocycles. The fourth-order valence-corrected chi connectivity index (χ4v) is 3.09. The van der Waals surface area contributed by atoms with E-state index in [0.29, 0.717) is 0 Å². The van der Waals surface area contributed by atoms with Crippen LogP contribution in [0.5, 0.6) is 0 Å². The maximum atomic E-state index is 2.51. The second kappa shape index (κ2) is 12.7. The molecule has 0 bridgehead atoms.